The molecule has 1 saturated carbocycles. The number of carbonyl (C=O) groups excluding carboxylic acids is 2. The lowest BCUT2D eigenvalue weighted by molar-refractivity contribution is -0.138. The van der Waals surface area contributed by atoms with Gasteiger partial charge in [0, 0.05) is 31.6 Å². The molecule has 1 rings (SSSR count). The molecule has 0 heterocycles. The summed E-state index contributed by atoms with van der Waals surface area (Å²) in [5, 5.41) is 19.0. The Labute approximate surface area is 144 Å². The summed E-state index contributed by atoms with van der Waals surface area (Å²) in [6.07, 6.45) is 5.53. The number of ketones is 2. The molecule has 5 heteroatoms. The normalized spacial score (nSPS) is 25.0. The van der Waals surface area contributed by atoms with E-state index < -0.39 is 12.1 Å². The van der Waals surface area contributed by atoms with E-state index in [-0.39, 0.29) is 42.2 Å². The predicted octanol–water partition coefficient (Wildman–Crippen LogP) is 3.37. The molecule has 1 aliphatic carbocycles. The number of aliphatic hydroxyl groups excluding tert-OH is 1. The molecule has 0 amide bonds. The van der Waals surface area contributed by atoms with E-state index in [4.69, 9.17) is 5.11 Å². The first-order valence-corrected chi connectivity index (χ1v) is 9.29. The Morgan fingerprint density at radius 3 is 2.54 bits per heavy atom. The Kier molecular flexibility index (Phi) is 9.19. The van der Waals surface area contributed by atoms with Gasteiger partial charge < -0.3 is 10.2 Å². The first-order chi connectivity index (χ1) is 11.3. The van der Waals surface area contributed by atoms with Gasteiger partial charge in [0.25, 0.3) is 0 Å². The minimum Gasteiger partial charge on any atom is -0.481 e. The number of aliphatic hydroxyl groups is 1. The topological polar surface area (TPSA) is 91.7 Å². The zero-order chi connectivity index (χ0) is 18.1. The van der Waals surface area contributed by atoms with Crippen LogP contribution in [0.1, 0.15) is 78.1 Å². The highest BCUT2D eigenvalue weighted by Gasteiger charge is 2.40. The van der Waals surface area contributed by atoms with Gasteiger partial charge in [-0.3, -0.25) is 14.4 Å². The maximum Gasteiger partial charge on any atom is 0.303 e. The average molecular weight is 340 g/mol. The van der Waals surface area contributed by atoms with E-state index in [0.717, 1.165) is 19.3 Å². The Hall–Kier alpha value is -1.23. The van der Waals surface area contributed by atoms with Crippen molar-refractivity contribution in [2.24, 2.45) is 17.8 Å². The molecule has 0 bridgehead atoms. The van der Waals surface area contributed by atoms with E-state index in [9.17, 15) is 19.5 Å². The molecule has 0 radical (unpaired) electrons. The Morgan fingerprint density at radius 2 is 1.92 bits per heavy atom. The third-order valence-electron chi connectivity index (χ3n) is 5.14. The lowest BCUT2D eigenvalue weighted by Gasteiger charge is -2.21. The molecule has 0 spiro atoms. The van der Waals surface area contributed by atoms with E-state index in [0.29, 0.717) is 32.1 Å². The van der Waals surface area contributed by atoms with E-state index >= 15 is 0 Å². The number of unbranched alkanes of at least 4 members (excludes halogenated alkanes) is 2. The lowest BCUT2D eigenvalue weighted by Crippen LogP contribution is -2.22. The van der Waals surface area contributed by atoms with Gasteiger partial charge >= 0.3 is 5.97 Å². The van der Waals surface area contributed by atoms with Crippen molar-refractivity contribution in [2.75, 3.05) is 0 Å². The number of carbonyl (C=O) groups is 3. The highest BCUT2D eigenvalue weighted by Crippen LogP contribution is 2.37. The minimum absolute atomic E-state index is 0.0179. The van der Waals surface area contributed by atoms with Crippen LogP contribution < -0.4 is 0 Å². The van der Waals surface area contributed by atoms with Crippen LogP contribution >= 0.6 is 0 Å². The summed E-state index contributed by atoms with van der Waals surface area (Å²) in [6.45, 7) is 3.97. The van der Waals surface area contributed by atoms with Crippen molar-refractivity contribution in [1.29, 1.82) is 0 Å². The van der Waals surface area contributed by atoms with Crippen LogP contribution in [0.4, 0.5) is 0 Å². The molecule has 0 aromatic heterocycles. The van der Waals surface area contributed by atoms with Gasteiger partial charge in [0.2, 0.25) is 0 Å². The van der Waals surface area contributed by atoms with Crippen LogP contribution in [0.15, 0.2) is 0 Å². The highest BCUT2D eigenvalue weighted by atomic mass is 16.4. The predicted molar refractivity (Wildman–Crippen MR) is 91.6 cm³/mol. The second-order valence-electron chi connectivity index (χ2n) is 7.32. The second kappa shape index (κ2) is 10.6. The summed E-state index contributed by atoms with van der Waals surface area (Å²) in [5.41, 5.74) is 0. The van der Waals surface area contributed by atoms with Gasteiger partial charge in [-0.15, -0.1) is 0 Å². The fraction of sp³-hybridized carbons (Fsp3) is 0.842. The van der Waals surface area contributed by atoms with E-state index in [2.05, 4.69) is 6.92 Å². The molecule has 4 unspecified atom stereocenters. The zero-order valence-electron chi connectivity index (χ0n) is 15.0. The first-order valence-electron chi connectivity index (χ1n) is 9.29. The van der Waals surface area contributed by atoms with Gasteiger partial charge in [-0.1, -0.05) is 26.7 Å². The monoisotopic (exact) mass is 340 g/mol. The third kappa shape index (κ3) is 7.12. The van der Waals surface area contributed by atoms with Gasteiger partial charge in [0.15, 0.2) is 0 Å². The fourth-order valence-corrected chi connectivity index (χ4v) is 3.67. The molecule has 0 saturated heterocycles. The molecule has 5 nitrogen and oxygen atoms in total. The smallest absolute Gasteiger partial charge is 0.303 e. The van der Waals surface area contributed by atoms with Crippen LogP contribution in [-0.2, 0) is 14.4 Å². The van der Waals surface area contributed by atoms with Crippen LogP contribution in [0.25, 0.3) is 0 Å². The standard InChI is InChI=1S/C19H32O5/c1-3-4-5-6-14(20)8-10-16-15(17(21)12-18(16)22)9-7-13(2)11-19(23)24/h13,15-16,18,22H,3-12H2,1-2H3,(H,23,24). The van der Waals surface area contributed by atoms with Crippen LogP contribution in [0, 0.1) is 17.8 Å². The second-order valence-corrected chi connectivity index (χ2v) is 7.32. The number of rotatable bonds is 12. The quantitative estimate of drug-likeness (QED) is 0.531. The van der Waals surface area contributed by atoms with Crippen LogP contribution in [0.3, 0.4) is 0 Å². The lowest BCUT2D eigenvalue weighted by atomic mass is 9.83. The van der Waals surface area contributed by atoms with Crippen LogP contribution in [-0.4, -0.2) is 33.9 Å². The van der Waals surface area contributed by atoms with Crippen molar-refractivity contribution in [3.63, 3.8) is 0 Å². The number of Topliss-reactive ketones (excluding diaryl/α,β-unsaturated/α-hetero) is 2. The number of carboxylic acids is 1. The van der Waals surface area contributed by atoms with Crippen molar-refractivity contribution in [3.05, 3.63) is 0 Å². The van der Waals surface area contributed by atoms with Gasteiger partial charge in [-0.05, 0) is 37.5 Å². The number of carboxylic acid groups (broad SMARTS) is 1. The molecular weight excluding hydrogens is 308 g/mol. The molecule has 2 N–H and O–H groups in total. The molecular formula is C19H32O5. The van der Waals surface area contributed by atoms with Gasteiger partial charge in [-0.25, -0.2) is 0 Å². The third-order valence-corrected chi connectivity index (χ3v) is 5.14. The molecule has 0 aliphatic heterocycles. The van der Waals surface area contributed by atoms with Gasteiger partial charge in [0.1, 0.15) is 11.6 Å². The van der Waals surface area contributed by atoms with E-state index in [1.54, 1.807) is 0 Å². The average Bonchev–Trinajstić information content (AvgIpc) is 2.76. The number of hydrogen-bond acceptors (Lipinski definition) is 4. The molecule has 0 aromatic carbocycles. The Balaban J connectivity index is 2.45. The van der Waals surface area contributed by atoms with Crippen LogP contribution in [0.5, 0.6) is 0 Å². The Morgan fingerprint density at radius 1 is 1.21 bits per heavy atom. The fourth-order valence-electron chi connectivity index (χ4n) is 3.67. The highest BCUT2D eigenvalue weighted by molar-refractivity contribution is 5.84. The van der Waals surface area contributed by atoms with Gasteiger partial charge in [-0.2, -0.15) is 0 Å². The Bertz CT molecular complexity index is 431. The summed E-state index contributed by atoms with van der Waals surface area (Å²) >= 11 is 0. The first kappa shape index (κ1) is 20.8. The summed E-state index contributed by atoms with van der Waals surface area (Å²) in [4.78, 5) is 34.8. The van der Waals surface area contributed by atoms with Crippen LogP contribution in [0.2, 0.25) is 0 Å². The SMILES string of the molecule is CCCCCC(=O)CCC1C(O)CC(=O)C1CCC(C)CC(=O)O. The minimum atomic E-state index is -0.825. The maximum absolute atomic E-state index is 12.1. The molecule has 4 atom stereocenters. The number of aliphatic carboxylic acids is 1. The molecule has 1 aliphatic rings. The summed E-state index contributed by atoms with van der Waals surface area (Å²) < 4.78 is 0. The van der Waals surface area contributed by atoms with Gasteiger partial charge in [0.05, 0.1) is 6.10 Å². The summed E-state index contributed by atoms with van der Waals surface area (Å²) in [6, 6.07) is 0. The molecule has 138 valence electrons. The maximum atomic E-state index is 12.1. The zero-order valence-corrected chi connectivity index (χ0v) is 15.0. The van der Waals surface area contributed by atoms with Crippen molar-refractivity contribution in [1.82, 2.24) is 0 Å². The number of hydrogen-bond donors (Lipinski definition) is 2. The van der Waals surface area contributed by atoms with E-state index in [1.807, 2.05) is 6.92 Å². The van der Waals surface area contributed by atoms with Crippen molar-refractivity contribution >= 4 is 17.5 Å². The molecule has 24 heavy (non-hydrogen) atoms. The molecule has 0 aromatic rings. The molecule has 1 fully saturated rings. The van der Waals surface area contributed by atoms with Crippen molar-refractivity contribution in [2.45, 2.75) is 84.2 Å². The summed E-state index contributed by atoms with van der Waals surface area (Å²) in [5.74, 6) is -0.898. The summed E-state index contributed by atoms with van der Waals surface area (Å²) in [7, 11) is 0. The van der Waals surface area contributed by atoms with Crippen molar-refractivity contribution in [3.8, 4) is 0 Å². The largest absolute Gasteiger partial charge is 0.481 e. The van der Waals surface area contributed by atoms with E-state index in [1.165, 1.54) is 0 Å². The van der Waals surface area contributed by atoms with Crippen molar-refractivity contribution < 1.29 is 24.6 Å².